The van der Waals surface area contributed by atoms with Crippen LogP contribution in [0, 0.1) is 5.92 Å². The van der Waals surface area contributed by atoms with E-state index in [1.165, 1.54) is 49.8 Å². The Kier molecular flexibility index (Phi) is 12.8. The van der Waals surface area contributed by atoms with Gasteiger partial charge in [-0.2, -0.15) is 0 Å². The van der Waals surface area contributed by atoms with Crippen LogP contribution >= 0.6 is 0 Å². The zero-order chi connectivity index (χ0) is 38.0. The van der Waals surface area contributed by atoms with Crippen LogP contribution in [0.3, 0.4) is 0 Å². The number of aromatic hydroxyl groups is 1. The number of aromatic amines is 1. The van der Waals surface area contributed by atoms with Gasteiger partial charge in [0.25, 0.3) is 0 Å². The molecule has 0 spiro atoms. The molecule has 2 fully saturated rings. The summed E-state index contributed by atoms with van der Waals surface area (Å²) in [5, 5.41) is 31.6. The van der Waals surface area contributed by atoms with Gasteiger partial charge >= 0.3 is 6.09 Å². The van der Waals surface area contributed by atoms with Crippen LogP contribution in [0.25, 0.3) is 22.0 Å². The fourth-order valence-corrected chi connectivity index (χ4v) is 8.10. The van der Waals surface area contributed by atoms with Crippen molar-refractivity contribution in [3.05, 3.63) is 125 Å². The van der Waals surface area contributed by atoms with E-state index in [1.807, 2.05) is 54.6 Å². The largest absolute Gasteiger partial charge is 0.506 e. The number of phenols is 1. The highest BCUT2D eigenvalue weighted by Gasteiger charge is 2.25. The summed E-state index contributed by atoms with van der Waals surface area (Å²) in [4.78, 5) is 29.7. The number of anilines is 2. The Morgan fingerprint density at radius 1 is 0.855 bits per heavy atom. The second-order valence-corrected chi connectivity index (χ2v) is 15.1. The van der Waals surface area contributed by atoms with E-state index in [4.69, 9.17) is 4.74 Å². The van der Waals surface area contributed by atoms with E-state index in [0.717, 1.165) is 67.3 Å². The molecule has 10 heteroatoms. The Morgan fingerprint density at radius 2 is 1.60 bits per heavy atom. The highest BCUT2D eigenvalue weighted by atomic mass is 16.6. The molecule has 2 aliphatic rings. The number of pyridine rings is 1. The van der Waals surface area contributed by atoms with Gasteiger partial charge in [-0.25, -0.2) is 4.79 Å². The molecule has 4 aromatic carbocycles. The van der Waals surface area contributed by atoms with Crippen LogP contribution in [0.4, 0.5) is 16.2 Å². The van der Waals surface area contributed by atoms with Gasteiger partial charge in [0.1, 0.15) is 11.9 Å². The molecule has 2 heterocycles. The average Bonchev–Trinajstić information content (AvgIpc) is 3.21. The van der Waals surface area contributed by atoms with Gasteiger partial charge in [-0.3, -0.25) is 10.1 Å². The van der Waals surface area contributed by atoms with E-state index in [9.17, 15) is 19.8 Å². The maximum Gasteiger partial charge on any atom is 0.411 e. The number of rotatable bonds is 14. The smallest absolute Gasteiger partial charge is 0.411 e. The normalized spacial score (nSPS) is 18.5. The topological polar surface area (TPSA) is 139 Å². The highest BCUT2D eigenvalue weighted by Crippen LogP contribution is 2.31. The number of nitrogens with one attached hydrogen (secondary N) is 4. The van der Waals surface area contributed by atoms with Crippen LogP contribution in [0.15, 0.2) is 108 Å². The minimum Gasteiger partial charge on any atom is -0.506 e. The van der Waals surface area contributed by atoms with Crippen molar-refractivity contribution in [3.63, 3.8) is 0 Å². The summed E-state index contributed by atoms with van der Waals surface area (Å²) >= 11 is 0. The van der Waals surface area contributed by atoms with Crippen molar-refractivity contribution >= 4 is 28.4 Å². The third-order valence-electron chi connectivity index (χ3n) is 11.3. The lowest BCUT2D eigenvalue weighted by Gasteiger charge is -2.34. The number of amides is 1. The van der Waals surface area contributed by atoms with Crippen molar-refractivity contribution in [1.82, 2.24) is 15.2 Å². The molecule has 1 aliphatic heterocycles. The molecule has 7 rings (SSSR count). The minimum atomic E-state index is -0.773. The summed E-state index contributed by atoms with van der Waals surface area (Å²) < 4.78 is 5.85. The third kappa shape index (κ3) is 10.3. The molecule has 0 bridgehead atoms. The number of aliphatic hydroxyl groups excluding tert-OH is 1. The summed E-state index contributed by atoms with van der Waals surface area (Å²) in [5.41, 5.74) is 5.90. The predicted octanol–water partition coefficient (Wildman–Crippen LogP) is 7.84. The highest BCUT2D eigenvalue weighted by molar-refractivity contribution is 5.91. The average molecular weight is 744 g/mol. The standard InChI is InChI=1S/C45H53N5O5/c51-41-20-18-38(39-19-21-43(53)49-44(39)41)42(52)30-46-26-22-31-10-14-34(15-11-31)47-35-16-12-32(13-17-35)23-27-50-28-24-36(25-29-50)55-45(54)48-40-9-5-4-8-37(40)33-6-2-1-3-7-33/h1-11,14-15,18-21,32,35-36,42,46-47,51-52H,12-13,16-17,22-30H2,(H,48,54)(H,49,53)/t32?,35?,42-/m1/s1. The van der Waals surface area contributed by atoms with Gasteiger partial charge in [0.15, 0.2) is 0 Å². The number of hydrogen-bond acceptors (Lipinski definition) is 8. The van der Waals surface area contributed by atoms with Gasteiger partial charge in [0.05, 0.1) is 17.3 Å². The van der Waals surface area contributed by atoms with Crippen LogP contribution in [-0.4, -0.2) is 71.1 Å². The molecule has 55 heavy (non-hydrogen) atoms. The molecule has 0 radical (unpaired) electrons. The zero-order valence-corrected chi connectivity index (χ0v) is 31.4. The van der Waals surface area contributed by atoms with E-state index < -0.39 is 6.10 Å². The molecule has 1 saturated carbocycles. The van der Waals surface area contributed by atoms with Gasteiger partial charge in [0, 0.05) is 48.4 Å². The second kappa shape index (κ2) is 18.4. The number of fused-ring (bicyclic) bond motifs is 1. The number of carbonyl (C=O) groups is 1. The van der Waals surface area contributed by atoms with Crippen molar-refractivity contribution in [2.45, 2.75) is 69.6 Å². The molecule has 1 aliphatic carbocycles. The van der Waals surface area contributed by atoms with Crippen molar-refractivity contribution in [1.29, 1.82) is 0 Å². The summed E-state index contributed by atoms with van der Waals surface area (Å²) in [5.74, 6) is 0.743. The first-order chi connectivity index (χ1) is 26.9. The molecular weight excluding hydrogens is 691 g/mol. The quantitative estimate of drug-likeness (QED) is 0.0633. The SMILES string of the molecule is O=C(Nc1ccccc1-c1ccccc1)OC1CCN(CCC2CCC(Nc3ccc(CCNC[C@@H](O)c4ccc(O)c5[nH]c(=O)ccc45)cc3)CC2)CC1. The van der Waals surface area contributed by atoms with Gasteiger partial charge < -0.3 is 35.5 Å². The molecule has 1 aromatic heterocycles. The van der Waals surface area contributed by atoms with Crippen LogP contribution in [0.1, 0.15) is 62.2 Å². The Labute approximate surface area is 322 Å². The zero-order valence-electron chi connectivity index (χ0n) is 31.4. The van der Waals surface area contributed by atoms with E-state index in [-0.39, 0.29) is 23.5 Å². The van der Waals surface area contributed by atoms with E-state index >= 15 is 0 Å². The molecule has 1 atom stereocenters. The molecule has 1 amide bonds. The van der Waals surface area contributed by atoms with Crippen LogP contribution in [-0.2, 0) is 11.2 Å². The van der Waals surface area contributed by atoms with E-state index in [2.05, 4.69) is 50.1 Å². The number of piperidine rings is 1. The number of phenolic OH excluding ortho intramolecular Hbond substituents is 1. The fraction of sp³-hybridized carbons (Fsp3) is 0.378. The lowest BCUT2D eigenvalue weighted by molar-refractivity contribution is 0.0566. The number of hydrogen-bond donors (Lipinski definition) is 6. The number of ether oxygens (including phenoxy) is 1. The van der Waals surface area contributed by atoms with Crippen LogP contribution < -0.4 is 21.5 Å². The third-order valence-corrected chi connectivity index (χ3v) is 11.3. The first-order valence-electron chi connectivity index (χ1n) is 19.8. The van der Waals surface area contributed by atoms with Crippen molar-refractivity contribution < 1.29 is 19.7 Å². The number of benzene rings is 4. The van der Waals surface area contributed by atoms with Crippen molar-refractivity contribution in [2.75, 3.05) is 43.4 Å². The maximum atomic E-state index is 12.8. The number of aromatic nitrogens is 1. The minimum absolute atomic E-state index is 0.0138. The first-order valence-corrected chi connectivity index (χ1v) is 19.8. The Balaban J connectivity index is 0.758. The molecule has 1 saturated heterocycles. The summed E-state index contributed by atoms with van der Waals surface area (Å²) in [6.07, 6.45) is 7.45. The van der Waals surface area contributed by atoms with E-state index in [1.54, 1.807) is 12.1 Å². The van der Waals surface area contributed by atoms with Gasteiger partial charge in [0.2, 0.25) is 5.56 Å². The molecule has 10 nitrogen and oxygen atoms in total. The maximum absolute atomic E-state index is 12.8. The molecule has 288 valence electrons. The number of carbonyl (C=O) groups excluding carboxylic acids is 1. The van der Waals surface area contributed by atoms with Crippen LogP contribution in [0.5, 0.6) is 5.75 Å². The number of H-pyrrole nitrogens is 1. The summed E-state index contributed by atoms with van der Waals surface area (Å²) in [7, 11) is 0. The van der Waals surface area contributed by atoms with Crippen LogP contribution in [0.2, 0.25) is 0 Å². The Hall–Kier alpha value is -5.16. The van der Waals surface area contributed by atoms with Gasteiger partial charge in [-0.1, -0.05) is 66.7 Å². The molecular formula is C45H53N5O5. The van der Waals surface area contributed by atoms with Crippen molar-refractivity contribution in [2.24, 2.45) is 5.92 Å². The summed E-state index contributed by atoms with van der Waals surface area (Å²) in [6, 6.07) is 33.3. The van der Waals surface area contributed by atoms with Gasteiger partial charge in [-0.05, 0) is 117 Å². The Morgan fingerprint density at radius 3 is 2.38 bits per heavy atom. The van der Waals surface area contributed by atoms with Crippen molar-refractivity contribution in [3.8, 4) is 16.9 Å². The molecule has 6 N–H and O–H groups in total. The molecule has 0 unspecified atom stereocenters. The molecule has 5 aromatic rings. The first kappa shape index (κ1) is 38.1. The number of para-hydroxylation sites is 1. The lowest BCUT2D eigenvalue weighted by atomic mass is 9.84. The number of nitrogens with zero attached hydrogens (tertiary/aromatic N) is 1. The van der Waals surface area contributed by atoms with E-state index in [0.29, 0.717) is 35.6 Å². The second-order valence-electron chi connectivity index (χ2n) is 15.1. The monoisotopic (exact) mass is 743 g/mol. The summed E-state index contributed by atoms with van der Waals surface area (Å²) in [6.45, 7) is 4.11. The lowest BCUT2D eigenvalue weighted by Crippen LogP contribution is -2.39. The number of likely N-dealkylation sites (tertiary alicyclic amines) is 1. The number of aliphatic hydroxyl groups is 1. The van der Waals surface area contributed by atoms with Gasteiger partial charge in [-0.15, -0.1) is 0 Å². The predicted molar refractivity (Wildman–Crippen MR) is 220 cm³/mol. The Bertz CT molecular complexity index is 2050. The fourth-order valence-electron chi connectivity index (χ4n) is 8.10.